The molecule has 426 valence electrons. The molecule has 0 saturated carbocycles. The first-order valence-electron chi connectivity index (χ1n) is 28.4. The van der Waals surface area contributed by atoms with Gasteiger partial charge in [-0.1, -0.05) is 192 Å². The number of hydrogen-bond donors (Lipinski definition) is 2. The standard InChI is InChI=1S/C64H99O11P/c1-4-7-10-13-16-19-22-25-28-30-33-36-39-42-45-48-51-54-63(67)74-60(56-65)58-72-76(69,70)73-59-61(57-71-62(66)53-50-47-44-41-38-35-32-27-24-21-18-15-12-9-6-3)75-64(68)55-52-49-46-43-40-37-34-31-29-26-23-20-17-14-11-8-5-2/h7-12,16-21,25-29,32-34,36-38,41,43,46,60-61,65H,4-6,13-15,22-24,30-31,35,39-40,42,44-45,47-59H2,1-3H3,(H,69,70)/b10-7-,11-8-,12-9-,19-16-,20-17-,21-18-,28-25-,29-26-,32-27-,36-33-,37-34-,41-38-,46-43-. The molecule has 0 spiro atoms. The van der Waals surface area contributed by atoms with Crippen molar-refractivity contribution in [3.05, 3.63) is 158 Å². The van der Waals surface area contributed by atoms with Crippen molar-refractivity contribution in [1.29, 1.82) is 0 Å². The second kappa shape index (κ2) is 56.3. The van der Waals surface area contributed by atoms with E-state index in [2.05, 4.69) is 167 Å². The maximum atomic E-state index is 12.9. The van der Waals surface area contributed by atoms with E-state index in [1.54, 1.807) is 0 Å². The molecule has 0 heterocycles. The fourth-order valence-corrected chi connectivity index (χ4v) is 7.51. The molecule has 12 heteroatoms. The SMILES string of the molecule is CC/C=C\C/C=C\C/C=C\C/C=C\C/C=C\CCCC(=O)OC(COC(=O)CCCC/C=C\C/C=C\C/C=C\C/C=C\CC)COP(=O)(O)OCC(CO)OC(=O)CCCCCC/C=C\C/C=C\C/C=C\C/C=C\CC. The van der Waals surface area contributed by atoms with E-state index in [-0.39, 0.29) is 19.3 Å². The van der Waals surface area contributed by atoms with Gasteiger partial charge in [0.25, 0.3) is 0 Å². The highest BCUT2D eigenvalue weighted by Gasteiger charge is 2.28. The Morgan fingerprint density at radius 1 is 0.368 bits per heavy atom. The zero-order valence-electron chi connectivity index (χ0n) is 46.9. The van der Waals surface area contributed by atoms with Crippen molar-refractivity contribution in [3.8, 4) is 0 Å². The Morgan fingerprint density at radius 2 is 0.658 bits per heavy atom. The number of hydrogen-bond acceptors (Lipinski definition) is 10. The van der Waals surface area contributed by atoms with Gasteiger partial charge in [0.2, 0.25) is 0 Å². The minimum Gasteiger partial charge on any atom is -0.462 e. The molecule has 0 bridgehead atoms. The molecule has 0 aliphatic heterocycles. The molecule has 2 N–H and O–H groups in total. The Hall–Kier alpha value is -4.90. The molecule has 0 radical (unpaired) electrons. The summed E-state index contributed by atoms with van der Waals surface area (Å²) in [5, 5.41) is 9.82. The van der Waals surface area contributed by atoms with E-state index in [0.29, 0.717) is 25.7 Å². The van der Waals surface area contributed by atoms with Crippen LogP contribution in [0.4, 0.5) is 0 Å². The average molecular weight is 1080 g/mol. The molecule has 3 atom stereocenters. The first kappa shape index (κ1) is 71.1. The van der Waals surface area contributed by atoms with E-state index >= 15 is 0 Å². The number of carbonyl (C=O) groups is 3. The second-order valence-electron chi connectivity index (χ2n) is 18.0. The number of phosphoric ester groups is 1. The van der Waals surface area contributed by atoms with Gasteiger partial charge in [0.15, 0.2) is 6.10 Å². The predicted molar refractivity (Wildman–Crippen MR) is 315 cm³/mol. The van der Waals surface area contributed by atoms with Gasteiger partial charge in [-0.25, -0.2) is 4.57 Å². The van der Waals surface area contributed by atoms with Crippen LogP contribution in [0.15, 0.2) is 158 Å². The van der Waals surface area contributed by atoms with Gasteiger partial charge in [-0.15, -0.1) is 0 Å². The van der Waals surface area contributed by atoms with Crippen LogP contribution in [0.25, 0.3) is 0 Å². The zero-order valence-corrected chi connectivity index (χ0v) is 47.8. The van der Waals surface area contributed by atoms with E-state index in [0.717, 1.165) is 122 Å². The van der Waals surface area contributed by atoms with E-state index in [1.807, 2.05) is 12.2 Å². The Bertz CT molecular complexity index is 1880. The molecule has 76 heavy (non-hydrogen) atoms. The Kier molecular flexibility index (Phi) is 52.7. The number of esters is 3. The molecule has 0 rings (SSSR count). The number of carbonyl (C=O) groups excluding carboxylic acids is 3. The highest BCUT2D eigenvalue weighted by Crippen LogP contribution is 2.43. The summed E-state index contributed by atoms with van der Waals surface area (Å²) in [5.74, 6) is -1.63. The first-order valence-corrected chi connectivity index (χ1v) is 29.9. The summed E-state index contributed by atoms with van der Waals surface area (Å²) in [6, 6.07) is 0. The normalized spacial score (nSPS) is 14.5. The number of aliphatic hydroxyl groups excluding tert-OH is 1. The molecule has 0 fully saturated rings. The topological polar surface area (TPSA) is 155 Å². The van der Waals surface area contributed by atoms with E-state index in [4.69, 9.17) is 23.3 Å². The number of phosphoric acid groups is 1. The number of rotatable bonds is 50. The van der Waals surface area contributed by atoms with Gasteiger partial charge in [-0.3, -0.25) is 23.4 Å². The fourth-order valence-electron chi connectivity index (χ4n) is 6.72. The minimum absolute atomic E-state index is 0.0684. The summed E-state index contributed by atoms with van der Waals surface area (Å²) in [6.07, 6.45) is 73.6. The molecular weight excluding hydrogens is 976 g/mol. The van der Waals surface area contributed by atoms with Gasteiger partial charge in [0.1, 0.15) is 12.7 Å². The van der Waals surface area contributed by atoms with Crippen molar-refractivity contribution in [1.82, 2.24) is 0 Å². The second-order valence-corrected chi connectivity index (χ2v) is 19.4. The van der Waals surface area contributed by atoms with Crippen molar-refractivity contribution in [2.45, 2.75) is 200 Å². The highest BCUT2D eigenvalue weighted by molar-refractivity contribution is 7.47. The van der Waals surface area contributed by atoms with Crippen LogP contribution in [-0.4, -0.2) is 66.5 Å². The van der Waals surface area contributed by atoms with Gasteiger partial charge < -0.3 is 24.2 Å². The lowest BCUT2D eigenvalue weighted by atomic mass is 10.1. The van der Waals surface area contributed by atoms with Crippen LogP contribution < -0.4 is 0 Å². The van der Waals surface area contributed by atoms with E-state index < -0.39 is 64.4 Å². The monoisotopic (exact) mass is 1070 g/mol. The lowest BCUT2D eigenvalue weighted by molar-refractivity contribution is -0.161. The Labute approximate surface area is 460 Å². The largest absolute Gasteiger partial charge is 0.472 e. The summed E-state index contributed by atoms with van der Waals surface area (Å²) >= 11 is 0. The van der Waals surface area contributed by atoms with Crippen LogP contribution in [0.5, 0.6) is 0 Å². The van der Waals surface area contributed by atoms with Crippen LogP contribution in [0, 0.1) is 0 Å². The van der Waals surface area contributed by atoms with Gasteiger partial charge in [-0.2, -0.15) is 0 Å². The summed E-state index contributed by atoms with van der Waals surface area (Å²) in [4.78, 5) is 48.5. The number of ether oxygens (including phenoxy) is 3. The summed E-state index contributed by atoms with van der Waals surface area (Å²) in [7, 11) is -4.79. The van der Waals surface area contributed by atoms with Crippen molar-refractivity contribution in [3.63, 3.8) is 0 Å². The van der Waals surface area contributed by atoms with Gasteiger partial charge in [0.05, 0.1) is 19.8 Å². The molecular formula is C64H99O11P. The van der Waals surface area contributed by atoms with Crippen LogP contribution >= 0.6 is 7.82 Å². The Balaban J connectivity index is 4.91. The molecule has 11 nitrogen and oxygen atoms in total. The number of aliphatic hydroxyl groups is 1. The third kappa shape index (κ3) is 53.9. The number of allylic oxidation sites excluding steroid dienone is 26. The molecule has 0 aliphatic carbocycles. The molecule has 0 aromatic heterocycles. The van der Waals surface area contributed by atoms with Gasteiger partial charge in [0, 0.05) is 19.3 Å². The van der Waals surface area contributed by atoms with E-state index in [9.17, 15) is 28.9 Å². The predicted octanol–water partition coefficient (Wildman–Crippen LogP) is 16.9. The Morgan fingerprint density at radius 3 is 1.05 bits per heavy atom. The minimum atomic E-state index is -4.79. The zero-order chi connectivity index (χ0) is 55.5. The molecule has 0 aromatic rings. The van der Waals surface area contributed by atoms with Crippen molar-refractivity contribution < 1.29 is 52.2 Å². The average Bonchev–Trinajstić information content (AvgIpc) is 3.41. The summed E-state index contributed by atoms with van der Waals surface area (Å²) < 4.78 is 39.4. The van der Waals surface area contributed by atoms with Crippen LogP contribution in [0.1, 0.15) is 188 Å². The molecule has 0 saturated heterocycles. The third-order valence-electron chi connectivity index (χ3n) is 10.9. The smallest absolute Gasteiger partial charge is 0.462 e. The lowest BCUT2D eigenvalue weighted by Crippen LogP contribution is -2.30. The molecule has 0 aliphatic rings. The van der Waals surface area contributed by atoms with Crippen LogP contribution in [0.2, 0.25) is 0 Å². The third-order valence-corrected chi connectivity index (χ3v) is 11.9. The van der Waals surface area contributed by atoms with Gasteiger partial charge >= 0.3 is 25.7 Å². The van der Waals surface area contributed by atoms with Crippen molar-refractivity contribution in [2.75, 3.05) is 26.4 Å². The molecule has 0 amide bonds. The van der Waals surface area contributed by atoms with Crippen molar-refractivity contribution in [2.24, 2.45) is 0 Å². The first-order chi connectivity index (χ1) is 37.2. The van der Waals surface area contributed by atoms with Crippen LogP contribution in [-0.2, 0) is 42.2 Å². The number of unbranched alkanes of at least 4 members (excludes halogenated alkanes) is 7. The quantitative estimate of drug-likeness (QED) is 0.0197. The van der Waals surface area contributed by atoms with Gasteiger partial charge in [-0.05, 0) is 135 Å². The van der Waals surface area contributed by atoms with Crippen molar-refractivity contribution >= 4 is 25.7 Å². The molecule has 3 unspecified atom stereocenters. The van der Waals surface area contributed by atoms with E-state index in [1.165, 1.54) is 0 Å². The molecule has 0 aromatic carbocycles. The fraction of sp³-hybridized carbons (Fsp3) is 0.547. The lowest BCUT2D eigenvalue weighted by Gasteiger charge is -2.21. The maximum Gasteiger partial charge on any atom is 0.472 e. The summed E-state index contributed by atoms with van der Waals surface area (Å²) in [5.41, 5.74) is 0. The highest BCUT2D eigenvalue weighted by atomic mass is 31.2. The van der Waals surface area contributed by atoms with Crippen LogP contribution in [0.3, 0.4) is 0 Å². The maximum absolute atomic E-state index is 12.9. The summed E-state index contributed by atoms with van der Waals surface area (Å²) in [6.45, 7) is 4.13.